The van der Waals surface area contributed by atoms with Crippen LogP contribution in [0.25, 0.3) is 11.0 Å². The average molecular weight is 462 g/mol. The van der Waals surface area contributed by atoms with Gasteiger partial charge in [0.15, 0.2) is 0 Å². The third-order valence-corrected chi connectivity index (χ3v) is 5.83. The van der Waals surface area contributed by atoms with E-state index in [1.165, 1.54) is 10.6 Å². The molecular formula is C20H23ClF3N3O2S. The maximum absolute atomic E-state index is 13.8. The van der Waals surface area contributed by atoms with Crippen LogP contribution in [0.4, 0.5) is 18.9 Å². The van der Waals surface area contributed by atoms with E-state index in [0.717, 1.165) is 11.9 Å². The van der Waals surface area contributed by atoms with Gasteiger partial charge in [0, 0.05) is 23.7 Å². The van der Waals surface area contributed by atoms with Gasteiger partial charge in [0.2, 0.25) is 0 Å². The fourth-order valence-electron chi connectivity index (χ4n) is 2.75. The summed E-state index contributed by atoms with van der Waals surface area (Å²) in [6, 6.07) is 7.59. The number of pyridine rings is 1. The Morgan fingerprint density at radius 3 is 2.43 bits per heavy atom. The number of halogens is 4. The molecule has 0 radical (unpaired) electrons. The van der Waals surface area contributed by atoms with Crippen molar-refractivity contribution in [2.45, 2.75) is 12.9 Å². The number of benzene rings is 1. The molecule has 0 amide bonds. The summed E-state index contributed by atoms with van der Waals surface area (Å²) in [7, 11) is -0.770. The summed E-state index contributed by atoms with van der Waals surface area (Å²) >= 11 is 6.09. The molecule has 3 rings (SSSR count). The lowest BCUT2D eigenvalue weighted by Gasteiger charge is -2.24. The Kier molecular flexibility index (Phi) is 6.45. The quantitative estimate of drug-likeness (QED) is 0.276. The van der Waals surface area contributed by atoms with Gasteiger partial charge in [-0.2, -0.15) is 13.2 Å². The molecule has 2 aromatic heterocycles. The number of nitrogens with two attached hydrogens (primary N) is 1. The summed E-state index contributed by atoms with van der Waals surface area (Å²) in [6.45, 7) is 0.367. The molecule has 2 N–H and O–H groups in total. The van der Waals surface area contributed by atoms with E-state index in [-0.39, 0.29) is 28.7 Å². The van der Waals surface area contributed by atoms with Crippen molar-refractivity contribution in [3.63, 3.8) is 0 Å². The summed E-state index contributed by atoms with van der Waals surface area (Å²) in [4.78, 5) is 4.11. The minimum Gasteiger partial charge on any atom is -0.456 e. The maximum atomic E-state index is 13.8. The fraction of sp³-hybridized carbons (Fsp3) is 0.350. The van der Waals surface area contributed by atoms with Crippen molar-refractivity contribution in [3.05, 3.63) is 47.2 Å². The van der Waals surface area contributed by atoms with Crippen molar-refractivity contribution >= 4 is 38.3 Å². The minimum absolute atomic E-state index is 0.0140. The highest BCUT2D eigenvalue weighted by Gasteiger charge is 2.37. The van der Waals surface area contributed by atoms with Crippen LogP contribution in [0, 0.1) is 0 Å². The van der Waals surface area contributed by atoms with Gasteiger partial charge in [0.1, 0.15) is 29.0 Å². The summed E-state index contributed by atoms with van der Waals surface area (Å²) in [6.07, 6.45) is 2.81. The lowest BCUT2D eigenvalue weighted by atomic mass is 10.2. The lowest BCUT2D eigenvalue weighted by Crippen LogP contribution is -2.10. The number of fused-ring (bicyclic) bond motifs is 1. The lowest BCUT2D eigenvalue weighted by molar-refractivity contribution is -0.136. The highest BCUT2D eigenvalue weighted by atomic mass is 35.5. The van der Waals surface area contributed by atoms with Gasteiger partial charge in [0.25, 0.3) is 0 Å². The van der Waals surface area contributed by atoms with E-state index < -0.39 is 21.8 Å². The molecule has 0 bridgehead atoms. The van der Waals surface area contributed by atoms with E-state index in [1.54, 1.807) is 24.3 Å². The summed E-state index contributed by atoms with van der Waals surface area (Å²) < 4.78 is 53.9. The summed E-state index contributed by atoms with van der Waals surface area (Å²) in [5.41, 5.74) is 5.34. The monoisotopic (exact) mass is 461 g/mol. The Morgan fingerprint density at radius 2 is 1.83 bits per heavy atom. The first-order valence-corrected chi connectivity index (χ1v) is 12.4. The molecule has 30 heavy (non-hydrogen) atoms. The van der Waals surface area contributed by atoms with Crippen LogP contribution in [-0.2, 0) is 17.6 Å². The highest BCUT2D eigenvalue weighted by Crippen LogP contribution is 2.42. The number of nitrogens with zero attached hydrogens (tertiary/aromatic N) is 2. The highest BCUT2D eigenvalue weighted by molar-refractivity contribution is 8.32. The van der Waals surface area contributed by atoms with Gasteiger partial charge in [-0.15, -0.1) is 0 Å². The third kappa shape index (κ3) is 5.53. The maximum Gasteiger partial charge on any atom is 0.418 e. The second-order valence-corrected chi connectivity index (χ2v) is 12.6. The van der Waals surface area contributed by atoms with Gasteiger partial charge in [-0.3, -0.25) is 0 Å². The number of anilines is 1. The first-order valence-electron chi connectivity index (χ1n) is 8.98. The van der Waals surface area contributed by atoms with Crippen LogP contribution in [0.1, 0.15) is 5.56 Å². The van der Waals surface area contributed by atoms with Crippen molar-refractivity contribution in [1.29, 1.82) is 0 Å². The smallest absolute Gasteiger partial charge is 0.418 e. The first kappa shape index (κ1) is 22.6. The molecule has 164 valence electrons. The number of nitrogen functional groups attached to an aromatic ring is 1. The zero-order valence-electron chi connectivity index (χ0n) is 16.8. The Labute approximate surface area is 179 Å². The number of hydrogen-bond acceptors (Lipinski definition) is 4. The Morgan fingerprint density at radius 1 is 1.17 bits per heavy atom. The van der Waals surface area contributed by atoms with Gasteiger partial charge in [0.05, 0.1) is 17.6 Å². The summed E-state index contributed by atoms with van der Waals surface area (Å²) in [5.74, 6) is 1.14. The van der Waals surface area contributed by atoms with Crippen LogP contribution < -0.4 is 10.5 Å². The molecule has 0 atom stereocenters. The topological polar surface area (TPSA) is 62.3 Å². The zero-order chi connectivity index (χ0) is 22.1. The van der Waals surface area contributed by atoms with Gasteiger partial charge in [-0.05, 0) is 43.0 Å². The molecule has 0 unspecified atom stereocenters. The van der Waals surface area contributed by atoms with Crippen molar-refractivity contribution in [2.75, 3.05) is 36.9 Å². The molecule has 0 aliphatic rings. The standard InChI is InChI=1S/C20H23ClF3N3O2S/c1-30(2,3)9-8-28-12-27-11-15(20(22,23)24)18-16(10-17(21)26-19(18)27)29-14-6-4-13(25)5-7-14/h4-7,10-11H,8-9,12,25H2,1-3H3. The first-order chi connectivity index (χ1) is 13.9. The number of hydrogen-bond donors (Lipinski definition) is 1. The SMILES string of the molecule is CS(C)(C)CCOCn1cc(C(F)(F)F)c2c(Oc3ccc(N)cc3)cc(Cl)nc21. The van der Waals surface area contributed by atoms with Crippen LogP contribution in [-0.4, -0.2) is 40.7 Å². The zero-order valence-corrected chi connectivity index (χ0v) is 18.4. The predicted molar refractivity (Wildman–Crippen MR) is 117 cm³/mol. The molecule has 0 spiro atoms. The van der Waals surface area contributed by atoms with Crippen LogP contribution in [0.3, 0.4) is 0 Å². The van der Waals surface area contributed by atoms with Crippen molar-refractivity contribution in [2.24, 2.45) is 0 Å². The van der Waals surface area contributed by atoms with Gasteiger partial charge < -0.3 is 19.8 Å². The number of alkyl halides is 3. The van der Waals surface area contributed by atoms with E-state index in [4.69, 9.17) is 26.8 Å². The number of rotatable bonds is 7. The van der Waals surface area contributed by atoms with E-state index in [9.17, 15) is 13.2 Å². The van der Waals surface area contributed by atoms with Gasteiger partial charge in [-0.25, -0.2) is 15.0 Å². The molecule has 3 aromatic rings. The third-order valence-electron chi connectivity index (χ3n) is 4.24. The minimum atomic E-state index is -4.60. The Balaban J connectivity index is 2.00. The number of ether oxygens (including phenoxy) is 2. The normalized spacial score (nSPS) is 13.0. The van der Waals surface area contributed by atoms with Crippen molar-refractivity contribution < 1.29 is 22.6 Å². The molecule has 5 nitrogen and oxygen atoms in total. The molecule has 0 aliphatic carbocycles. The number of aromatic nitrogens is 2. The predicted octanol–water partition coefficient (Wildman–Crippen LogP) is 5.75. The molecule has 0 saturated carbocycles. The Bertz CT molecular complexity index is 1030. The second-order valence-electron chi connectivity index (χ2n) is 7.66. The van der Waals surface area contributed by atoms with E-state index >= 15 is 0 Å². The molecule has 0 saturated heterocycles. The molecule has 0 aliphatic heterocycles. The Hall–Kier alpha value is -2.10. The van der Waals surface area contributed by atoms with Gasteiger partial charge >= 0.3 is 6.18 Å². The molecule has 0 fully saturated rings. The van der Waals surface area contributed by atoms with E-state index in [0.29, 0.717) is 18.0 Å². The van der Waals surface area contributed by atoms with Crippen molar-refractivity contribution in [1.82, 2.24) is 9.55 Å². The van der Waals surface area contributed by atoms with Gasteiger partial charge in [-0.1, -0.05) is 11.6 Å². The van der Waals surface area contributed by atoms with Crippen LogP contribution in [0.2, 0.25) is 5.15 Å². The van der Waals surface area contributed by atoms with Crippen LogP contribution in [0.15, 0.2) is 36.5 Å². The molecule has 10 heteroatoms. The average Bonchev–Trinajstić information content (AvgIpc) is 2.99. The van der Waals surface area contributed by atoms with Crippen molar-refractivity contribution in [3.8, 4) is 11.5 Å². The van der Waals surface area contributed by atoms with E-state index in [1.807, 2.05) is 0 Å². The molecule has 1 aromatic carbocycles. The fourth-order valence-corrected chi connectivity index (χ4v) is 3.55. The van der Waals surface area contributed by atoms with Crippen LogP contribution in [0.5, 0.6) is 11.5 Å². The molecule has 2 heterocycles. The van der Waals surface area contributed by atoms with Crippen LogP contribution >= 0.6 is 21.6 Å². The largest absolute Gasteiger partial charge is 0.456 e. The molecular weight excluding hydrogens is 439 g/mol. The second kappa shape index (κ2) is 8.56. The summed E-state index contributed by atoms with van der Waals surface area (Å²) in [5, 5.41) is -0.158. The van der Waals surface area contributed by atoms with E-state index in [2.05, 4.69) is 23.8 Å².